The maximum Gasteiger partial charge on any atom is 0.347 e. The Balaban J connectivity index is 2.64. The first-order valence-corrected chi connectivity index (χ1v) is 6.74. The second-order valence-electron chi connectivity index (χ2n) is 4.26. The van der Waals surface area contributed by atoms with Gasteiger partial charge in [0.15, 0.2) is 6.10 Å². The second-order valence-corrected chi connectivity index (χ2v) is 4.26. The van der Waals surface area contributed by atoms with Crippen LogP contribution in [0.4, 0.5) is 0 Å². The summed E-state index contributed by atoms with van der Waals surface area (Å²) < 4.78 is 10.7. The molecule has 1 rings (SSSR count). The first kappa shape index (κ1) is 15.5. The molecule has 1 unspecified atom stereocenters. The Hall–Kier alpha value is -1.55. The van der Waals surface area contributed by atoms with Crippen molar-refractivity contribution in [2.75, 3.05) is 13.2 Å². The lowest BCUT2D eigenvalue weighted by Crippen LogP contribution is -2.29. The van der Waals surface area contributed by atoms with Crippen molar-refractivity contribution in [3.63, 3.8) is 0 Å². The molecule has 0 bridgehead atoms. The van der Waals surface area contributed by atoms with Gasteiger partial charge in [0.2, 0.25) is 0 Å². The summed E-state index contributed by atoms with van der Waals surface area (Å²) in [6.45, 7) is 4.27. The molecule has 19 heavy (non-hydrogen) atoms. The maximum absolute atomic E-state index is 11.7. The van der Waals surface area contributed by atoms with Gasteiger partial charge in [0.25, 0.3) is 0 Å². The Morgan fingerprint density at radius 1 is 1.26 bits per heavy atom. The van der Waals surface area contributed by atoms with Crippen LogP contribution in [0, 0.1) is 0 Å². The van der Waals surface area contributed by atoms with Crippen molar-refractivity contribution < 1.29 is 19.4 Å². The summed E-state index contributed by atoms with van der Waals surface area (Å²) in [5, 5.41) is 8.84. The molecule has 0 spiro atoms. The molecule has 0 saturated heterocycles. The normalized spacial score (nSPS) is 11.9. The Kier molecular flexibility index (Phi) is 6.97. The Morgan fingerprint density at radius 2 is 1.95 bits per heavy atom. The molecular weight excluding hydrogens is 244 g/mol. The minimum Gasteiger partial charge on any atom is -0.479 e. The lowest BCUT2D eigenvalue weighted by atomic mass is 10.1. The number of ether oxygens (including phenoxy) is 2. The summed E-state index contributed by atoms with van der Waals surface area (Å²) in [6.07, 6.45) is 1.56. The Bertz CT molecular complexity index is 372. The third-order valence-corrected chi connectivity index (χ3v) is 2.70. The molecule has 1 N–H and O–H groups in total. The summed E-state index contributed by atoms with van der Waals surface area (Å²) >= 11 is 0. The van der Waals surface area contributed by atoms with E-state index in [1.54, 1.807) is 6.92 Å². The third kappa shape index (κ3) is 5.30. The largest absolute Gasteiger partial charge is 0.479 e. The van der Waals surface area contributed by atoms with Gasteiger partial charge in [-0.05, 0) is 37.5 Å². The number of hydrogen-bond donors (Lipinski definition) is 1. The summed E-state index contributed by atoms with van der Waals surface area (Å²) in [7, 11) is 0. The predicted octanol–water partition coefficient (Wildman–Crippen LogP) is 2.33. The highest BCUT2D eigenvalue weighted by atomic mass is 16.6. The zero-order valence-corrected chi connectivity index (χ0v) is 11.6. The third-order valence-electron chi connectivity index (χ3n) is 2.70. The Labute approximate surface area is 114 Å². The number of aliphatic hydroxyl groups is 1. The van der Waals surface area contributed by atoms with E-state index in [9.17, 15) is 4.79 Å². The fourth-order valence-electron chi connectivity index (χ4n) is 1.75. The van der Waals surface area contributed by atoms with E-state index in [1.165, 1.54) is 0 Å². The summed E-state index contributed by atoms with van der Waals surface area (Å²) in [6, 6.07) is 7.40. The van der Waals surface area contributed by atoms with Crippen LogP contribution in [0.15, 0.2) is 24.3 Å². The lowest BCUT2D eigenvalue weighted by Gasteiger charge is -2.17. The predicted molar refractivity (Wildman–Crippen MR) is 73.2 cm³/mol. The number of carbonyl (C=O) groups excluding carboxylic acids is 1. The van der Waals surface area contributed by atoms with Crippen molar-refractivity contribution in [3.05, 3.63) is 29.8 Å². The molecule has 4 nitrogen and oxygen atoms in total. The van der Waals surface area contributed by atoms with Crippen molar-refractivity contribution in [2.24, 2.45) is 0 Å². The van der Waals surface area contributed by atoms with Gasteiger partial charge in [0, 0.05) is 6.61 Å². The highest BCUT2D eigenvalue weighted by molar-refractivity contribution is 5.75. The molecule has 0 aliphatic carbocycles. The van der Waals surface area contributed by atoms with E-state index in [1.807, 2.05) is 31.2 Å². The molecule has 106 valence electrons. The fourth-order valence-corrected chi connectivity index (χ4v) is 1.75. The fraction of sp³-hybridized carbons (Fsp3) is 0.533. The van der Waals surface area contributed by atoms with Gasteiger partial charge < -0.3 is 14.6 Å². The number of rotatable bonds is 8. The number of benzene rings is 1. The van der Waals surface area contributed by atoms with Gasteiger partial charge in [-0.25, -0.2) is 4.79 Å². The van der Waals surface area contributed by atoms with E-state index in [0.717, 1.165) is 12.0 Å². The van der Waals surface area contributed by atoms with Gasteiger partial charge in [-0.3, -0.25) is 0 Å². The van der Waals surface area contributed by atoms with E-state index in [-0.39, 0.29) is 12.6 Å². The smallest absolute Gasteiger partial charge is 0.347 e. The van der Waals surface area contributed by atoms with E-state index in [4.69, 9.17) is 14.6 Å². The van der Waals surface area contributed by atoms with Crippen LogP contribution in [-0.4, -0.2) is 30.4 Å². The van der Waals surface area contributed by atoms with Gasteiger partial charge in [-0.2, -0.15) is 0 Å². The maximum atomic E-state index is 11.7. The number of hydrogen-bond acceptors (Lipinski definition) is 4. The molecule has 1 aromatic rings. The van der Waals surface area contributed by atoms with E-state index < -0.39 is 6.10 Å². The van der Waals surface area contributed by atoms with Crippen LogP contribution in [0.25, 0.3) is 0 Å². The minimum atomic E-state index is -0.548. The van der Waals surface area contributed by atoms with Crippen LogP contribution in [0.1, 0.15) is 32.3 Å². The minimum absolute atomic E-state index is 0.126. The van der Waals surface area contributed by atoms with E-state index in [0.29, 0.717) is 25.2 Å². The van der Waals surface area contributed by atoms with Crippen molar-refractivity contribution in [1.82, 2.24) is 0 Å². The number of esters is 1. The van der Waals surface area contributed by atoms with Crippen molar-refractivity contribution >= 4 is 5.97 Å². The van der Waals surface area contributed by atoms with Crippen LogP contribution in [0.2, 0.25) is 0 Å². The van der Waals surface area contributed by atoms with Crippen LogP contribution >= 0.6 is 0 Å². The SMILES string of the molecule is CCCC(Oc1ccc(CCO)cc1)C(=O)OCC. The van der Waals surface area contributed by atoms with Gasteiger partial charge in [-0.15, -0.1) is 0 Å². The summed E-state index contributed by atoms with van der Waals surface area (Å²) in [4.78, 5) is 11.7. The van der Waals surface area contributed by atoms with E-state index in [2.05, 4.69) is 0 Å². The first-order valence-electron chi connectivity index (χ1n) is 6.74. The first-order chi connectivity index (χ1) is 9.21. The number of carbonyl (C=O) groups is 1. The van der Waals surface area contributed by atoms with Crippen molar-refractivity contribution in [2.45, 2.75) is 39.2 Å². The zero-order valence-electron chi connectivity index (χ0n) is 11.6. The van der Waals surface area contributed by atoms with Crippen LogP contribution < -0.4 is 4.74 Å². The topological polar surface area (TPSA) is 55.8 Å². The molecule has 0 aromatic heterocycles. The summed E-state index contributed by atoms with van der Waals surface area (Å²) in [5.74, 6) is 0.331. The van der Waals surface area contributed by atoms with Gasteiger partial charge in [-0.1, -0.05) is 25.5 Å². The van der Waals surface area contributed by atoms with Gasteiger partial charge >= 0.3 is 5.97 Å². The molecule has 0 aliphatic rings. The average Bonchev–Trinajstić information content (AvgIpc) is 2.41. The monoisotopic (exact) mass is 266 g/mol. The van der Waals surface area contributed by atoms with Crippen LogP contribution in [-0.2, 0) is 16.0 Å². The zero-order chi connectivity index (χ0) is 14.1. The highest BCUT2D eigenvalue weighted by Crippen LogP contribution is 2.16. The molecule has 1 atom stereocenters. The Morgan fingerprint density at radius 3 is 2.47 bits per heavy atom. The average molecular weight is 266 g/mol. The van der Waals surface area contributed by atoms with Crippen LogP contribution in [0.3, 0.4) is 0 Å². The lowest BCUT2D eigenvalue weighted by molar-refractivity contribution is -0.151. The van der Waals surface area contributed by atoms with Gasteiger partial charge in [0.1, 0.15) is 5.75 Å². The standard InChI is InChI=1S/C15H22O4/c1-3-5-14(15(17)18-4-2)19-13-8-6-12(7-9-13)10-11-16/h6-9,14,16H,3-5,10-11H2,1-2H3. The van der Waals surface area contributed by atoms with Crippen molar-refractivity contribution in [3.8, 4) is 5.75 Å². The van der Waals surface area contributed by atoms with Gasteiger partial charge in [0.05, 0.1) is 6.61 Å². The molecule has 4 heteroatoms. The van der Waals surface area contributed by atoms with E-state index >= 15 is 0 Å². The molecule has 0 aliphatic heterocycles. The molecule has 0 amide bonds. The molecule has 0 fully saturated rings. The molecule has 0 radical (unpaired) electrons. The quantitative estimate of drug-likeness (QED) is 0.734. The molecule has 0 saturated carbocycles. The highest BCUT2D eigenvalue weighted by Gasteiger charge is 2.20. The molecular formula is C15H22O4. The number of aliphatic hydroxyl groups excluding tert-OH is 1. The second kappa shape index (κ2) is 8.53. The van der Waals surface area contributed by atoms with Crippen LogP contribution in [0.5, 0.6) is 5.75 Å². The molecule has 0 heterocycles. The molecule has 1 aromatic carbocycles. The van der Waals surface area contributed by atoms with Crippen molar-refractivity contribution in [1.29, 1.82) is 0 Å². The summed E-state index contributed by atoms with van der Waals surface area (Å²) in [5.41, 5.74) is 1.04.